The van der Waals surface area contributed by atoms with Crippen LogP contribution in [0, 0.1) is 12.8 Å². The predicted octanol–water partition coefficient (Wildman–Crippen LogP) is 2.79. The molecule has 184 valence electrons. The molecular formula is C25H24F3N3O4. The maximum Gasteiger partial charge on any atom is 0.404 e. The number of rotatable bonds is 2. The van der Waals surface area contributed by atoms with Crippen molar-refractivity contribution < 1.29 is 32.3 Å². The predicted molar refractivity (Wildman–Crippen MR) is 121 cm³/mol. The number of hydrogen-bond acceptors (Lipinski definition) is 5. The van der Waals surface area contributed by atoms with Gasteiger partial charge in [0.15, 0.2) is 0 Å². The molecule has 1 fully saturated rings. The number of para-hydroxylation sites is 1. The maximum atomic E-state index is 14.6. The topological polar surface area (TPSA) is 79.0 Å². The standard InChI is InChI=1S/C25H24F3N3O4/c1-5-35-20(32)18-19(25(26,27)28)29-24(15-12-13(2)10-11-17(15)31(4)22(24)34)23(18)14-8-6-7-9-16(14)30(3)21(23)33/h6-12,18-19,29H,5H2,1-4H3/t18-,19-,23+,24+/m1/s1. The van der Waals surface area contributed by atoms with E-state index in [2.05, 4.69) is 5.32 Å². The molecule has 0 radical (unpaired) electrons. The van der Waals surface area contributed by atoms with E-state index in [1.165, 1.54) is 36.9 Å². The molecule has 10 heteroatoms. The lowest BCUT2D eigenvalue weighted by molar-refractivity contribution is -0.179. The first-order chi connectivity index (χ1) is 16.4. The third-order valence-electron chi connectivity index (χ3n) is 7.53. The zero-order chi connectivity index (χ0) is 25.5. The van der Waals surface area contributed by atoms with Crippen molar-refractivity contribution in [3.63, 3.8) is 0 Å². The third-order valence-corrected chi connectivity index (χ3v) is 7.53. The van der Waals surface area contributed by atoms with Gasteiger partial charge in [0.2, 0.25) is 5.91 Å². The van der Waals surface area contributed by atoms with Crippen LogP contribution in [0.5, 0.6) is 0 Å². The lowest BCUT2D eigenvalue weighted by Crippen LogP contribution is -2.63. The van der Waals surface area contributed by atoms with Gasteiger partial charge in [0.25, 0.3) is 5.91 Å². The van der Waals surface area contributed by atoms with E-state index in [0.29, 0.717) is 16.9 Å². The van der Waals surface area contributed by atoms with Crippen LogP contribution in [-0.2, 0) is 30.1 Å². The third kappa shape index (κ3) is 2.63. The fourth-order valence-corrected chi connectivity index (χ4v) is 6.22. The largest absolute Gasteiger partial charge is 0.466 e. The monoisotopic (exact) mass is 487 g/mol. The average molecular weight is 487 g/mol. The summed E-state index contributed by atoms with van der Waals surface area (Å²) in [4.78, 5) is 44.2. The van der Waals surface area contributed by atoms with Crippen LogP contribution in [0.25, 0.3) is 0 Å². The number of likely N-dealkylation sites (N-methyl/N-ethyl adjacent to an activating group) is 2. The number of nitrogens with zero attached hydrogens (tertiary/aromatic N) is 2. The number of amides is 2. The smallest absolute Gasteiger partial charge is 0.404 e. The van der Waals surface area contributed by atoms with Crippen molar-refractivity contribution in [1.82, 2.24) is 5.32 Å². The molecule has 0 aliphatic carbocycles. The van der Waals surface area contributed by atoms with Crippen LogP contribution in [0.4, 0.5) is 24.5 Å². The SMILES string of the molecule is CCOC(=O)[C@H]1[C@H](C(F)(F)F)N[C@@]2(C(=O)N(C)c3ccc(C)cc32)[C@]12C(=O)N(C)c1ccccc12. The summed E-state index contributed by atoms with van der Waals surface area (Å²) < 4.78 is 49.1. The molecule has 3 aliphatic heterocycles. The van der Waals surface area contributed by atoms with Gasteiger partial charge in [-0.25, -0.2) is 0 Å². The Balaban J connectivity index is 1.96. The summed E-state index contributed by atoms with van der Waals surface area (Å²) in [6.07, 6.45) is -4.96. The molecule has 5 rings (SSSR count). The Labute approximate surface area is 199 Å². The van der Waals surface area contributed by atoms with Gasteiger partial charge < -0.3 is 14.5 Å². The highest BCUT2D eigenvalue weighted by molar-refractivity contribution is 6.20. The number of benzene rings is 2. The number of esters is 1. The van der Waals surface area contributed by atoms with Gasteiger partial charge in [0, 0.05) is 31.0 Å². The number of nitrogens with one attached hydrogen (secondary N) is 1. The fraction of sp³-hybridized carbons (Fsp3) is 0.400. The first kappa shape index (κ1) is 23.3. The van der Waals surface area contributed by atoms with E-state index >= 15 is 0 Å². The van der Waals surface area contributed by atoms with Crippen molar-refractivity contribution >= 4 is 29.2 Å². The number of anilines is 2. The first-order valence-electron chi connectivity index (χ1n) is 11.2. The molecular weight excluding hydrogens is 463 g/mol. The van der Waals surface area contributed by atoms with Crippen molar-refractivity contribution in [1.29, 1.82) is 0 Å². The van der Waals surface area contributed by atoms with Crippen LogP contribution in [0.2, 0.25) is 0 Å². The van der Waals surface area contributed by atoms with Crippen molar-refractivity contribution in [2.45, 2.75) is 37.0 Å². The number of fused-ring (bicyclic) bond motifs is 5. The van der Waals surface area contributed by atoms with Gasteiger partial charge in [-0.2, -0.15) is 13.2 Å². The number of hydrogen-bond donors (Lipinski definition) is 1. The van der Waals surface area contributed by atoms with Gasteiger partial charge in [-0.1, -0.05) is 35.9 Å². The van der Waals surface area contributed by atoms with Gasteiger partial charge in [-0.15, -0.1) is 0 Å². The molecule has 1 N–H and O–H groups in total. The van der Waals surface area contributed by atoms with Crippen LogP contribution >= 0.6 is 0 Å². The van der Waals surface area contributed by atoms with E-state index in [9.17, 15) is 27.6 Å². The molecule has 0 aromatic heterocycles. The Morgan fingerprint density at radius 2 is 1.66 bits per heavy atom. The van der Waals surface area contributed by atoms with E-state index in [-0.39, 0.29) is 17.7 Å². The number of carbonyl (C=O) groups is 3. The second-order valence-electron chi connectivity index (χ2n) is 9.22. The Morgan fingerprint density at radius 3 is 2.31 bits per heavy atom. The van der Waals surface area contributed by atoms with Gasteiger partial charge in [0.05, 0.1) is 6.61 Å². The zero-order valence-corrected chi connectivity index (χ0v) is 19.6. The molecule has 7 nitrogen and oxygen atoms in total. The molecule has 3 aliphatic rings. The van der Waals surface area contributed by atoms with Gasteiger partial charge >= 0.3 is 12.1 Å². The summed E-state index contributed by atoms with van der Waals surface area (Å²) >= 11 is 0. The molecule has 35 heavy (non-hydrogen) atoms. The number of ether oxygens (including phenoxy) is 1. The Morgan fingerprint density at radius 1 is 1.03 bits per heavy atom. The van der Waals surface area contributed by atoms with Crippen molar-refractivity contribution in [3.8, 4) is 0 Å². The minimum absolute atomic E-state index is 0.181. The number of aryl methyl sites for hydroxylation is 1. The first-order valence-corrected chi connectivity index (χ1v) is 11.2. The lowest BCUT2D eigenvalue weighted by Gasteiger charge is -2.40. The highest BCUT2D eigenvalue weighted by atomic mass is 19.4. The van der Waals surface area contributed by atoms with Crippen molar-refractivity contribution in [2.75, 3.05) is 30.5 Å². The fourth-order valence-electron chi connectivity index (χ4n) is 6.22. The molecule has 0 bridgehead atoms. The lowest BCUT2D eigenvalue weighted by atomic mass is 9.58. The minimum atomic E-state index is -4.96. The average Bonchev–Trinajstić information content (AvgIpc) is 3.33. The molecule has 2 aromatic carbocycles. The number of alkyl halides is 3. The van der Waals surface area contributed by atoms with Crippen molar-refractivity contribution in [2.24, 2.45) is 5.92 Å². The number of halogens is 3. The molecule has 4 atom stereocenters. The summed E-state index contributed by atoms with van der Waals surface area (Å²) in [5, 5.41) is 2.52. The van der Waals surface area contributed by atoms with Crippen LogP contribution in [0.3, 0.4) is 0 Å². The van der Waals surface area contributed by atoms with E-state index in [0.717, 1.165) is 0 Å². The summed E-state index contributed by atoms with van der Waals surface area (Å²) in [6.45, 7) is 3.05. The van der Waals surface area contributed by atoms with Crippen LogP contribution in [0.1, 0.15) is 23.6 Å². The summed E-state index contributed by atoms with van der Waals surface area (Å²) in [7, 11) is 2.89. The van der Waals surface area contributed by atoms with Crippen LogP contribution in [0.15, 0.2) is 42.5 Å². The molecule has 0 saturated carbocycles. The quantitative estimate of drug-likeness (QED) is 0.660. The molecule has 1 saturated heterocycles. The van der Waals surface area contributed by atoms with Crippen molar-refractivity contribution in [3.05, 3.63) is 59.2 Å². The summed E-state index contributed by atoms with van der Waals surface area (Å²) in [6, 6.07) is 8.84. The van der Waals surface area contributed by atoms with Gasteiger partial charge in [-0.05, 0) is 31.5 Å². The molecule has 3 heterocycles. The Bertz CT molecular complexity index is 1280. The highest BCUT2D eigenvalue weighted by Crippen LogP contribution is 2.65. The van der Waals surface area contributed by atoms with E-state index in [1.807, 2.05) is 0 Å². The highest BCUT2D eigenvalue weighted by Gasteiger charge is 2.82. The number of carbonyl (C=O) groups excluding carboxylic acids is 3. The molecule has 2 aromatic rings. The maximum absolute atomic E-state index is 14.6. The van der Waals surface area contributed by atoms with Crippen LogP contribution in [-0.4, -0.2) is 50.7 Å². The molecule has 0 unspecified atom stereocenters. The van der Waals surface area contributed by atoms with Gasteiger partial charge in [-0.3, -0.25) is 19.7 Å². The normalized spacial score (nSPS) is 29.3. The van der Waals surface area contributed by atoms with E-state index in [1.54, 1.807) is 43.3 Å². The summed E-state index contributed by atoms with van der Waals surface area (Å²) in [5.41, 5.74) is -2.60. The minimum Gasteiger partial charge on any atom is -0.466 e. The Hall–Kier alpha value is -3.40. The molecule has 2 amide bonds. The van der Waals surface area contributed by atoms with Gasteiger partial charge in [0.1, 0.15) is 22.9 Å². The summed E-state index contributed by atoms with van der Waals surface area (Å²) in [5.74, 6) is -4.73. The zero-order valence-electron chi connectivity index (χ0n) is 19.6. The second kappa shape index (κ2) is 7.30. The molecule has 2 spiro atoms. The second-order valence-corrected chi connectivity index (χ2v) is 9.22. The van der Waals surface area contributed by atoms with E-state index < -0.39 is 46.9 Å². The Kier molecular flexibility index (Phi) is 4.87. The van der Waals surface area contributed by atoms with Crippen LogP contribution < -0.4 is 15.1 Å². The van der Waals surface area contributed by atoms with E-state index in [4.69, 9.17) is 4.74 Å².